The van der Waals surface area contributed by atoms with E-state index in [0.717, 1.165) is 31.5 Å². The van der Waals surface area contributed by atoms with E-state index >= 15 is 0 Å². The fourth-order valence-electron chi connectivity index (χ4n) is 2.93. The Labute approximate surface area is 129 Å². The first-order valence-corrected chi connectivity index (χ1v) is 7.68. The first kappa shape index (κ1) is 15.0. The third-order valence-corrected chi connectivity index (χ3v) is 4.18. The predicted octanol–water partition coefficient (Wildman–Crippen LogP) is 1.90. The molecule has 1 aromatic carbocycles. The Hall–Kier alpha value is -1.95. The van der Waals surface area contributed by atoms with Crippen molar-refractivity contribution in [3.63, 3.8) is 0 Å². The molecule has 120 valence electrons. The molecular weight excluding hydrogens is 286 g/mol. The summed E-state index contributed by atoms with van der Waals surface area (Å²) in [6.45, 7) is 4.73. The van der Waals surface area contributed by atoms with Crippen molar-refractivity contribution in [3.05, 3.63) is 17.7 Å². The molecule has 1 N–H and O–H groups in total. The topological polar surface area (TPSA) is 68.2 Å². The van der Waals surface area contributed by atoms with E-state index in [4.69, 9.17) is 14.2 Å². The Morgan fingerprint density at radius 2 is 2.00 bits per heavy atom. The molecule has 0 aliphatic carbocycles. The highest BCUT2D eigenvalue weighted by molar-refractivity contribution is 5.72. The van der Waals surface area contributed by atoms with Crippen LogP contribution in [0, 0.1) is 5.92 Å². The minimum absolute atomic E-state index is 0.00144. The second-order valence-electron chi connectivity index (χ2n) is 5.64. The Morgan fingerprint density at radius 1 is 1.32 bits per heavy atom. The summed E-state index contributed by atoms with van der Waals surface area (Å²) in [5.74, 6) is 1.39. The smallest absolute Gasteiger partial charge is 0.309 e. The van der Waals surface area contributed by atoms with Gasteiger partial charge in [0.15, 0.2) is 11.5 Å². The van der Waals surface area contributed by atoms with Gasteiger partial charge in [0, 0.05) is 18.2 Å². The predicted molar refractivity (Wildman–Crippen MR) is 78.9 cm³/mol. The number of benzene rings is 1. The maximum absolute atomic E-state index is 11.7. The van der Waals surface area contributed by atoms with Gasteiger partial charge >= 0.3 is 5.97 Å². The van der Waals surface area contributed by atoms with Crippen LogP contribution < -0.4 is 9.47 Å². The highest BCUT2D eigenvalue weighted by atomic mass is 16.7. The number of fused-ring (bicyclic) bond motifs is 1. The summed E-state index contributed by atoms with van der Waals surface area (Å²) in [6, 6.07) is 3.43. The van der Waals surface area contributed by atoms with Crippen LogP contribution in [0.1, 0.15) is 25.3 Å². The average Bonchev–Trinajstić information content (AvgIpc) is 2.95. The molecule has 3 rings (SSSR count). The molecule has 0 amide bonds. The zero-order valence-corrected chi connectivity index (χ0v) is 12.7. The molecule has 0 bridgehead atoms. The lowest BCUT2D eigenvalue weighted by Crippen LogP contribution is -2.36. The number of phenolic OH excluding ortho intramolecular Hbond substituents is 1. The molecule has 2 aliphatic heterocycles. The molecule has 1 aromatic rings. The van der Waals surface area contributed by atoms with Crippen LogP contribution in [0.4, 0.5) is 0 Å². The molecule has 2 aliphatic rings. The molecule has 1 fully saturated rings. The fourth-order valence-corrected chi connectivity index (χ4v) is 2.93. The summed E-state index contributed by atoms with van der Waals surface area (Å²) in [7, 11) is 0. The molecule has 0 saturated carbocycles. The van der Waals surface area contributed by atoms with Gasteiger partial charge < -0.3 is 19.3 Å². The average molecular weight is 307 g/mol. The number of carbonyl (C=O) groups excluding carboxylic acids is 1. The Bertz CT molecular complexity index is 552. The summed E-state index contributed by atoms with van der Waals surface area (Å²) in [6.07, 6.45) is 1.59. The Morgan fingerprint density at radius 3 is 2.68 bits per heavy atom. The first-order chi connectivity index (χ1) is 10.7. The number of aromatic hydroxyl groups is 1. The fraction of sp³-hybridized carbons (Fsp3) is 0.562. The number of hydrogen-bond donors (Lipinski definition) is 1. The minimum atomic E-state index is -0.0897. The van der Waals surface area contributed by atoms with Gasteiger partial charge in [-0.15, -0.1) is 0 Å². The minimum Gasteiger partial charge on any atom is -0.507 e. The van der Waals surface area contributed by atoms with Gasteiger partial charge in [-0.25, -0.2) is 0 Å². The van der Waals surface area contributed by atoms with Gasteiger partial charge in [-0.3, -0.25) is 9.69 Å². The molecule has 2 heterocycles. The van der Waals surface area contributed by atoms with Gasteiger partial charge in [-0.1, -0.05) is 0 Å². The zero-order valence-electron chi connectivity index (χ0n) is 12.7. The van der Waals surface area contributed by atoms with Crippen molar-refractivity contribution in [2.75, 3.05) is 26.5 Å². The molecule has 0 unspecified atom stereocenters. The molecule has 6 heteroatoms. The van der Waals surface area contributed by atoms with Crippen molar-refractivity contribution in [2.24, 2.45) is 5.92 Å². The SMILES string of the molecule is CCOC(=O)C1CCN(Cc2cc3c(cc2O)OCO3)CC1. The van der Waals surface area contributed by atoms with Crippen molar-refractivity contribution in [3.8, 4) is 17.2 Å². The van der Waals surface area contributed by atoms with E-state index < -0.39 is 0 Å². The lowest BCUT2D eigenvalue weighted by Gasteiger charge is -2.30. The van der Waals surface area contributed by atoms with Crippen LogP contribution in [-0.4, -0.2) is 42.5 Å². The number of hydrogen-bond acceptors (Lipinski definition) is 6. The Balaban J connectivity index is 1.58. The summed E-state index contributed by atoms with van der Waals surface area (Å²) < 4.78 is 15.7. The van der Waals surface area contributed by atoms with E-state index in [-0.39, 0.29) is 24.4 Å². The second-order valence-corrected chi connectivity index (χ2v) is 5.64. The van der Waals surface area contributed by atoms with Crippen LogP contribution in [0.2, 0.25) is 0 Å². The van der Waals surface area contributed by atoms with Crippen LogP contribution in [0.25, 0.3) is 0 Å². The number of piperidine rings is 1. The number of carbonyl (C=O) groups is 1. The second kappa shape index (κ2) is 6.44. The van der Waals surface area contributed by atoms with Gasteiger partial charge in [0.05, 0.1) is 12.5 Å². The monoisotopic (exact) mass is 307 g/mol. The number of nitrogens with zero attached hydrogens (tertiary/aromatic N) is 1. The van der Waals surface area contributed by atoms with Gasteiger partial charge in [-0.05, 0) is 38.9 Å². The van der Waals surface area contributed by atoms with Crippen LogP contribution in [0.15, 0.2) is 12.1 Å². The maximum atomic E-state index is 11.7. The van der Waals surface area contributed by atoms with E-state index in [9.17, 15) is 9.90 Å². The highest BCUT2D eigenvalue weighted by Gasteiger charge is 2.27. The van der Waals surface area contributed by atoms with E-state index in [1.54, 1.807) is 6.07 Å². The lowest BCUT2D eigenvalue weighted by atomic mass is 9.96. The third kappa shape index (κ3) is 3.11. The molecular formula is C16H21NO5. The first-order valence-electron chi connectivity index (χ1n) is 7.68. The van der Waals surface area contributed by atoms with Crippen molar-refractivity contribution in [1.82, 2.24) is 4.90 Å². The maximum Gasteiger partial charge on any atom is 0.309 e. The summed E-state index contributed by atoms with van der Waals surface area (Å²) in [5.41, 5.74) is 0.818. The van der Waals surface area contributed by atoms with Crippen LogP contribution in [0.5, 0.6) is 17.2 Å². The Kier molecular flexibility index (Phi) is 4.38. The molecule has 0 radical (unpaired) electrons. The number of rotatable bonds is 4. The van der Waals surface area contributed by atoms with Gasteiger partial charge in [0.2, 0.25) is 6.79 Å². The number of phenols is 1. The summed E-state index contributed by atoms with van der Waals surface area (Å²) in [5, 5.41) is 10.1. The lowest BCUT2D eigenvalue weighted by molar-refractivity contribution is -0.149. The number of likely N-dealkylation sites (tertiary alicyclic amines) is 1. The van der Waals surface area contributed by atoms with Crippen LogP contribution in [0.3, 0.4) is 0 Å². The van der Waals surface area contributed by atoms with Crippen molar-refractivity contribution in [2.45, 2.75) is 26.3 Å². The summed E-state index contributed by atoms with van der Waals surface area (Å²) in [4.78, 5) is 14.0. The highest BCUT2D eigenvalue weighted by Crippen LogP contribution is 2.38. The molecule has 0 atom stereocenters. The molecule has 1 saturated heterocycles. The molecule has 0 aromatic heterocycles. The largest absolute Gasteiger partial charge is 0.507 e. The van der Waals surface area contributed by atoms with E-state index in [2.05, 4.69) is 4.90 Å². The summed E-state index contributed by atoms with van der Waals surface area (Å²) >= 11 is 0. The quantitative estimate of drug-likeness (QED) is 0.857. The molecule has 22 heavy (non-hydrogen) atoms. The normalized spacial score (nSPS) is 18.4. The standard InChI is InChI=1S/C16H21NO5/c1-2-20-16(19)11-3-5-17(6-4-11)9-12-7-14-15(8-13(12)18)22-10-21-14/h7-8,11,18H,2-6,9-10H2,1H3. The molecule has 6 nitrogen and oxygen atoms in total. The third-order valence-electron chi connectivity index (χ3n) is 4.18. The van der Waals surface area contributed by atoms with Crippen molar-refractivity contribution < 1.29 is 24.1 Å². The van der Waals surface area contributed by atoms with Gasteiger partial charge in [0.1, 0.15) is 5.75 Å². The zero-order chi connectivity index (χ0) is 15.5. The number of ether oxygens (including phenoxy) is 3. The van der Waals surface area contributed by atoms with Crippen LogP contribution in [-0.2, 0) is 16.1 Å². The van der Waals surface area contributed by atoms with E-state index in [0.29, 0.717) is 24.7 Å². The van der Waals surface area contributed by atoms with Crippen molar-refractivity contribution in [1.29, 1.82) is 0 Å². The van der Waals surface area contributed by atoms with Crippen LogP contribution >= 0.6 is 0 Å². The molecule has 0 spiro atoms. The van der Waals surface area contributed by atoms with E-state index in [1.165, 1.54) is 0 Å². The number of esters is 1. The van der Waals surface area contributed by atoms with Crippen molar-refractivity contribution >= 4 is 5.97 Å². The van der Waals surface area contributed by atoms with E-state index in [1.807, 2.05) is 13.0 Å². The van der Waals surface area contributed by atoms with Gasteiger partial charge in [0.25, 0.3) is 0 Å². The van der Waals surface area contributed by atoms with Gasteiger partial charge in [-0.2, -0.15) is 0 Å².